The lowest BCUT2D eigenvalue weighted by atomic mass is 9.91. The number of aromatic nitrogens is 2. The Morgan fingerprint density at radius 1 is 0.913 bits per heavy atom. The second-order valence-electron chi connectivity index (χ2n) is 5.38. The monoisotopic (exact) mass is 364 g/mol. The van der Waals surface area contributed by atoms with Crippen LogP contribution in [0.1, 0.15) is 17.0 Å². The predicted molar refractivity (Wildman–Crippen MR) is 96.6 cm³/mol. The summed E-state index contributed by atoms with van der Waals surface area (Å²) in [5, 5.41) is 2.11. The van der Waals surface area contributed by atoms with Gasteiger partial charge < -0.3 is 4.57 Å². The molecule has 2 aromatic carbocycles. The van der Waals surface area contributed by atoms with Crippen LogP contribution in [0.15, 0.2) is 61.2 Å². The van der Waals surface area contributed by atoms with E-state index in [0.717, 1.165) is 22.7 Å². The predicted octanol–water partition coefficient (Wildman–Crippen LogP) is 5.87. The van der Waals surface area contributed by atoms with Crippen molar-refractivity contribution in [1.29, 1.82) is 0 Å². The van der Waals surface area contributed by atoms with Gasteiger partial charge in [-0.05, 0) is 35.7 Å². The van der Waals surface area contributed by atoms with Crippen molar-refractivity contribution in [2.45, 2.75) is 18.9 Å². The van der Waals surface area contributed by atoms with Gasteiger partial charge in [-0.2, -0.15) is 0 Å². The van der Waals surface area contributed by atoms with Crippen molar-refractivity contribution in [2.75, 3.05) is 0 Å². The summed E-state index contributed by atoms with van der Waals surface area (Å²) >= 11 is 19.1. The van der Waals surface area contributed by atoms with Crippen LogP contribution in [0.2, 0.25) is 15.1 Å². The van der Waals surface area contributed by atoms with Gasteiger partial charge in [-0.3, -0.25) is 0 Å². The molecule has 0 N–H and O–H groups in total. The third-order valence-corrected chi connectivity index (χ3v) is 4.90. The third-order valence-electron chi connectivity index (χ3n) is 3.85. The molecular weight excluding hydrogens is 351 g/mol. The highest BCUT2D eigenvalue weighted by Crippen LogP contribution is 2.34. The first-order valence-corrected chi connectivity index (χ1v) is 8.41. The van der Waals surface area contributed by atoms with E-state index in [2.05, 4.69) is 11.1 Å². The van der Waals surface area contributed by atoms with E-state index in [-0.39, 0.29) is 5.92 Å². The van der Waals surface area contributed by atoms with Crippen LogP contribution >= 0.6 is 34.8 Å². The Hall–Kier alpha value is -1.48. The SMILES string of the molecule is Clc1ccccc1C(Cc1c(Cl)cccc1Cl)Cn1ccnc1. The van der Waals surface area contributed by atoms with E-state index in [0.29, 0.717) is 16.5 Å². The van der Waals surface area contributed by atoms with E-state index in [4.69, 9.17) is 34.8 Å². The average Bonchev–Trinajstić information content (AvgIpc) is 3.03. The second-order valence-corrected chi connectivity index (χ2v) is 6.60. The van der Waals surface area contributed by atoms with E-state index in [1.54, 1.807) is 12.5 Å². The van der Waals surface area contributed by atoms with Gasteiger partial charge in [-0.25, -0.2) is 4.98 Å². The van der Waals surface area contributed by atoms with Gasteiger partial charge in [-0.15, -0.1) is 0 Å². The first-order chi connectivity index (χ1) is 11.1. The van der Waals surface area contributed by atoms with Crippen LogP contribution in [-0.2, 0) is 13.0 Å². The number of rotatable bonds is 5. The Labute approximate surface area is 150 Å². The van der Waals surface area contributed by atoms with E-state index in [1.165, 1.54) is 0 Å². The van der Waals surface area contributed by atoms with Crippen LogP contribution in [-0.4, -0.2) is 9.55 Å². The number of benzene rings is 2. The molecule has 0 fully saturated rings. The normalized spacial score (nSPS) is 12.3. The summed E-state index contributed by atoms with van der Waals surface area (Å²) in [6.45, 7) is 0.755. The van der Waals surface area contributed by atoms with Crippen molar-refractivity contribution in [3.05, 3.63) is 87.4 Å². The van der Waals surface area contributed by atoms with Crippen molar-refractivity contribution in [3.63, 3.8) is 0 Å². The van der Waals surface area contributed by atoms with Gasteiger partial charge in [0.15, 0.2) is 0 Å². The Morgan fingerprint density at radius 2 is 1.61 bits per heavy atom. The molecule has 0 spiro atoms. The first-order valence-electron chi connectivity index (χ1n) is 7.28. The van der Waals surface area contributed by atoms with Crippen molar-refractivity contribution in [1.82, 2.24) is 9.55 Å². The van der Waals surface area contributed by atoms with Crippen molar-refractivity contribution in [2.24, 2.45) is 0 Å². The maximum absolute atomic E-state index is 6.41. The average molecular weight is 366 g/mol. The van der Waals surface area contributed by atoms with E-state index in [9.17, 15) is 0 Å². The molecule has 0 bridgehead atoms. The highest BCUT2D eigenvalue weighted by molar-refractivity contribution is 6.36. The van der Waals surface area contributed by atoms with Crippen molar-refractivity contribution >= 4 is 34.8 Å². The van der Waals surface area contributed by atoms with Crippen LogP contribution < -0.4 is 0 Å². The Kier molecular flexibility index (Phi) is 5.27. The molecule has 1 aromatic heterocycles. The van der Waals surface area contributed by atoms with Gasteiger partial charge in [0.2, 0.25) is 0 Å². The molecule has 23 heavy (non-hydrogen) atoms. The van der Waals surface area contributed by atoms with Gasteiger partial charge >= 0.3 is 0 Å². The fourth-order valence-electron chi connectivity index (χ4n) is 2.70. The van der Waals surface area contributed by atoms with Gasteiger partial charge in [0, 0.05) is 39.9 Å². The Bertz CT molecular complexity index is 764. The third kappa shape index (κ3) is 3.89. The summed E-state index contributed by atoms with van der Waals surface area (Å²) in [6, 6.07) is 13.5. The van der Waals surface area contributed by atoms with Crippen molar-refractivity contribution in [3.8, 4) is 0 Å². The van der Waals surface area contributed by atoms with E-state index >= 15 is 0 Å². The molecule has 1 unspecified atom stereocenters. The molecule has 118 valence electrons. The summed E-state index contributed by atoms with van der Waals surface area (Å²) in [7, 11) is 0. The van der Waals surface area contributed by atoms with E-state index < -0.39 is 0 Å². The first kappa shape index (κ1) is 16.4. The fraction of sp³-hybridized carbons (Fsp3) is 0.167. The molecule has 3 rings (SSSR count). The molecule has 3 aromatic rings. The largest absolute Gasteiger partial charge is 0.337 e. The van der Waals surface area contributed by atoms with Crippen LogP contribution in [0, 0.1) is 0 Å². The van der Waals surface area contributed by atoms with Crippen LogP contribution in [0.4, 0.5) is 0 Å². The molecule has 0 radical (unpaired) electrons. The number of halogens is 3. The summed E-state index contributed by atoms with van der Waals surface area (Å²) in [5.41, 5.74) is 2.03. The second kappa shape index (κ2) is 7.39. The maximum atomic E-state index is 6.41. The zero-order valence-electron chi connectivity index (χ0n) is 12.3. The van der Waals surface area contributed by atoms with Gasteiger partial charge in [0.25, 0.3) is 0 Å². The van der Waals surface area contributed by atoms with Crippen LogP contribution in [0.25, 0.3) is 0 Å². The number of hydrogen-bond donors (Lipinski definition) is 0. The molecular formula is C18H15Cl3N2. The molecule has 0 amide bonds. The molecule has 5 heteroatoms. The molecule has 0 aliphatic carbocycles. The van der Waals surface area contributed by atoms with Crippen LogP contribution in [0.5, 0.6) is 0 Å². The molecule has 0 saturated heterocycles. The number of nitrogens with zero attached hydrogens (tertiary/aromatic N) is 2. The highest BCUT2D eigenvalue weighted by Gasteiger charge is 2.19. The Balaban J connectivity index is 1.97. The fourth-order valence-corrected chi connectivity index (χ4v) is 3.54. The van der Waals surface area contributed by atoms with Gasteiger partial charge in [0.05, 0.1) is 6.33 Å². The molecule has 1 heterocycles. The number of imidazole rings is 1. The molecule has 0 aliphatic rings. The maximum Gasteiger partial charge on any atom is 0.0946 e. The molecule has 0 saturated carbocycles. The summed E-state index contributed by atoms with van der Waals surface area (Å²) in [6.07, 6.45) is 6.22. The lowest BCUT2D eigenvalue weighted by molar-refractivity contribution is 0.556. The minimum atomic E-state index is 0.148. The van der Waals surface area contributed by atoms with Crippen molar-refractivity contribution < 1.29 is 0 Å². The Morgan fingerprint density at radius 3 is 2.26 bits per heavy atom. The zero-order chi connectivity index (χ0) is 16.2. The van der Waals surface area contributed by atoms with Gasteiger partial charge in [0.1, 0.15) is 0 Å². The smallest absolute Gasteiger partial charge is 0.0946 e. The van der Waals surface area contributed by atoms with E-state index in [1.807, 2.05) is 47.2 Å². The summed E-state index contributed by atoms with van der Waals surface area (Å²) in [4.78, 5) is 4.11. The topological polar surface area (TPSA) is 17.8 Å². The van der Waals surface area contributed by atoms with Gasteiger partial charge in [-0.1, -0.05) is 59.1 Å². The quantitative estimate of drug-likeness (QED) is 0.553. The lowest BCUT2D eigenvalue weighted by Gasteiger charge is -2.20. The molecule has 2 nitrogen and oxygen atoms in total. The summed E-state index contributed by atoms with van der Waals surface area (Å²) < 4.78 is 2.04. The van der Waals surface area contributed by atoms with Crippen LogP contribution in [0.3, 0.4) is 0 Å². The molecule has 1 atom stereocenters. The molecule has 0 aliphatic heterocycles. The summed E-state index contributed by atoms with van der Waals surface area (Å²) in [5.74, 6) is 0.148. The zero-order valence-corrected chi connectivity index (χ0v) is 14.6. The highest BCUT2D eigenvalue weighted by atomic mass is 35.5. The number of hydrogen-bond acceptors (Lipinski definition) is 1. The standard InChI is InChI=1S/C18H15Cl3N2/c19-16-5-2-1-4-14(16)13(11-23-9-8-22-12-23)10-15-17(20)6-3-7-18(15)21/h1-9,12-13H,10-11H2. The minimum absolute atomic E-state index is 0.148. The lowest BCUT2D eigenvalue weighted by Crippen LogP contribution is -2.12. The minimum Gasteiger partial charge on any atom is -0.337 e.